The number of hydrogen-bond donors (Lipinski definition) is 0. The molecule has 1 aromatic carbocycles. The summed E-state index contributed by atoms with van der Waals surface area (Å²) < 4.78 is 0. The number of hydrogen-bond acceptors (Lipinski definition) is 3. The average Bonchev–Trinajstić information content (AvgIpc) is 2.46. The van der Waals surface area contributed by atoms with Crippen LogP contribution >= 0.6 is 0 Å². The fourth-order valence-corrected chi connectivity index (χ4v) is 1.76. The van der Waals surface area contributed by atoms with Crippen LogP contribution in [0, 0.1) is 11.3 Å². The monoisotopic (exact) mass is 237 g/mol. The summed E-state index contributed by atoms with van der Waals surface area (Å²) in [5.74, 6) is 0.776. The van der Waals surface area contributed by atoms with Gasteiger partial charge in [-0.3, -0.25) is 0 Å². The lowest BCUT2D eigenvalue weighted by atomic mass is 10.1. The van der Waals surface area contributed by atoms with E-state index >= 15 is 0 Å². The molecule has 0 amide bonds. The van der Waals surface area contributed by atoms with E-state index in [1.54, 1.807) is 18.3 Å². The molecule has 0 atom stereocenters. The number of pyridine rings is 1. The summed E-state index contributed by atoms with van der Waals surface area (Å²) in [6.45, 7) is 2.14. The van der Waals surface area contributed by atoms with Gasteiger partial charge in [-0.15, -0.1) is 0 Å². The van der Waals surface area contributed by atoms with E-state index in [9.17, 15) is 0 Å². The molecule has 1 heterocycles. The van der Waals surface area contributed by atoms with Crippen molar-refractivity contribution < 1.29 is 0 Å². The molecule has 0 bridgehead atoms. The fourth-order valence-electron chi connectivity index (χ4n) is 1.76. The Balaban J connectivity index is 2.29. The minimum absolute atomic E-state index is 0.622. The van der Waals surface area contributed by atoms with Gasteiger partial charge in [0.05, 0.1) is 11.6 Å². The van der Waals surface area contributed by atoms with Gasteiger partial charge in [0, 0.05) is 18.9 Å². The first-order chi connectivity index (χ1) is 8.74. The predicted molar refractivity (Wildman–Crippen MR) is 72.8 cm³/mol. The lowest BCUT2D eigenvalue weighted by Gasteiger charge is -2.18. The van der Waals surface area contributed by atoms with Crippen molar-refractivity contribution in [1.82, 2.24) is 4.98 Å². The van der Waals surface area contributed by atoms with Gasteiger partial charge in [-0.1, -0.05) is 19.1 Å². The summed E-state index contributed by atoms with van der Waals surface area (Å²) >= 11 is 0. The standard InChI is InChI=1S/C15H15N3/c1-3-12-4-6-14(7-5-12)18(2)15-10-13(11-16)8-9-17-15/h4-10H,3H2,1-2H3. The molecule has 0 fully saturated rings. The highest BCUT2D eigenvalue weighted by molar-refractivity contribution is 5.60. The highest BCUT2D eigenvalue weighted by atomic mass is 15.2. The van der Waals surface area contributed by atoms with E-state index in [-0.39, 0.29) is 0 Å². The van der Waals surface area contributed by atoms with Crippen molar-refractivity contribution in [1.29, 1.82) is 5.26 Å². The Morgan fingerprint density at radius 3 is 2.56 bits per heavy atom. The maximum Gasteiger partial charge on any atom is 0.133 e. The third-order valence-electron chi connectivity index (χ3n) is 2.95. The maximum absolute atomic E-state index is 8.89. The van der Waals surface area contributed by atoms with Crippen LogP contribution in [0.15, 0.2) is 42.6 Å². The first-order valence-corrected chi connectivity index (χ1v) is 5.93. The van der Waals surface area contributed by atoms with E-state index in [1.807, 2.05) is 11.9 Å². The highest BCUT2D eigenvalue weighted by Crippen LogP contribution is 2.22. The lowest BCUT2D eigenvalue weighted by Crippen LogP contribution is -2.11. The number of benzene rings is 1. The van der Waals surface area contributed by atoms with Crippen LogP contribution in [-0.2, 0) is 6.42 Å². The van der Waals surface area contributed by atoms with Crippen molar-refractivity contribution in [3.05, 3.63) is 53.7 Å². The molecule has 0 spiro atoms. The number of aromatic nitrogens is 1. The molecule has 0 aliphatic rings. The Hall–Kier alpha value is -2.34. The summed E-state index contributed by atoms with van der Waals surface area (Å²) in [6, 6.07) is 14.0. The Morgan fingerprint density at radius 1 is 1.22 bits per heavy atom. The highest BCUT2D eigenvalue weighted by Gasteiger charge is 2.05. The molecular weight excluding hydrogens is 222 g/mol. The van der Waals surface area contributed by atoms with Gasteiger partial charge in [0.2, 0.25) is 0 Å². The fraction of sp³-hybridized carbons (Fsp3) is 0.200. The normalized spacial score (nSPS) is 9.83. The summed E-state index contributed by atoms with van der Waals surface area (Å²) in [7, 11) is 1.95. The molecule has 18 heavy (non-hydrogen) atoms. The second-order valence-electron chi connectivity index (χ2n) is 4.09. The molecule has 0 aliphatic heterocycles. The molecule has 0 saturated carbocycles. The summed E-state index contributed by atoms with van der Waals surface area (Å²) in [4.78, 5) is 6.25. The Labute approximate surface area is 107 Å². The molecule has 1 aromatic heterocycles. The first-order valence-electron chi connectivity index (χ1n) is 5.93. The van der Waals surface area contributed by atoms with Crippen LogP contribution in [0.1, 0.15) is 18.1 Å². The number of aryl methyl sites for hydroxylation is 1. The van der Waals surface area contributed by atoms with E-state index in [0.717, 1.165) is 17.9 Å². The third kappa shape index (κ3) is 2.49. The van der Waals surface area contributed by atoms with Crippen LogP contribution in [-0.4, -0.2) is 12.0 Å². The number of nitriles is 1. The van der Waals surface area contributed by atoms with Gasteiger partial charge in [-0.2, -0.15) is 5.26 Å². The second kappa shape index (κ2) is 5.33. The quantitative estimate of drug-likeness (QED) is 0.822. The Kier molecular flexibility index (Phi) is 3.59. The lowest BCUT2D eigenvalue weighted by molar-refractivity contribution is 1.11. The Morgan fingerprint density at radius 2 is 1.94 bits per heavy atom. The van der Waals surface area contributed by atoms with Crippen molar-refractivity contribution in [3.8, 4) is 6.07 Å². The van der Waals surface area contributed by atoms with Crippen molar-refractivity contribution in [2.75, 3.05) is 11.9 Å². The zero-order valence-electron chi connectivity index (χ0n) is 10.6. The van der Waals surface area contributed by atoms with Crippen LogP contribution in [0.4, 0.5) is 11.5 Å². The smallest absolute Gasteiger partial charge is 0.133 e. The molecular formula is C15H15N3. The molecule has 3 heteroatoms. The van der Waals surface area contributed by atoms with Crippen LogP contribution in [0.5, 0.6) is 0 Å². The SMILES string of the molecule is CCc1ccc(N(C)c2cc(C#N)ccn2)cc1. The molecule has 90 valence electrons. The van der Waals surface area contributed by atoms with Crippen molar-refractivity contribution >= 4 is 11.5 Å². The van der Waals surface area contributed by atoms with E-state index < -0.39 is 0 Å². The van der Waals surface area contributed by atoms with Crippen LogP contribution < -0.4 is 4.90 Å². The molecule has 0 N–H and O–H groups in total. The topological polar surface area (TPSA) is 39.9 Å². The summed E-state index contributed by atoms with van der Waals surface area (Å²) in [5, 5.41) is 8.89. The van der Waals surface area contributed by atoms with Gasteiger partial charge in [-0.25, -0.2) is 4.98 Å². The molecule has 0 saturated heterocycles. The number of anilines is 2. The molecule has 0 unspecified atom stereocenters. The van der Waals surface area contributed by atoms with Gasteiger partial charge in [0.15, 0.2) is 0 Å². The van der Waals surface area contributed by atoms with Gasteiger partial charge in [0.1, 0.15) is 5.82 Å². The molecule has 0 aliphatic carbocycles. The van der Waals surface area contributed by atoms with Gasteiger partial charge >= 0.3 is 0 Å². The average molecular weight is 237 g/mol. The number of rotatable bonds is 3. The van der Waals surface area contributed by atoms with E-state index in [0.29, 0.717) is 5.56 Å². The largest absolute Gasteiger partial charge is 0.329 e. The van der Waals surface area contributed by atoms with Gasteiger partial charge < -0.3 is 4.90 Å². The molecule has 2 aromatic rings. The van der Waals surface area contributed by atoms with E-state index in [2.05, 4.69) is 42.2 Å². The van der Waals surface area contributed by atoms with Gasteiger partial charge in [0.25, 0.3) is 0 Å². The minimum Gasteiger partial charge on any atom is -0.329 e. The summed E-state index contributed by atoms with van der Waals surface area (Å²) in [5.41, 5.74) is 3.00. The van der Waals surface area contributed by atoms with Gasteiger partial charge in [-0.05, 0) is 36.2 Å². The van der Waals surface area contributed by atoms with Crippen LogP contribution in [0.2, 0.25) is 0 Å². The van der Waals surface area contributed by atoms with Crippen LogP contribution in [0.3, 0.4) is 0 Å². The second-order valence-corrected chi connectivity index (χ2v) is 4.09. The van der Waals surface area contributed by atoms with E-state index in [1.165, 1.54) is 5.56 Å². The maximum atomic E-state index is 8.89. The molecule has 0 radical (unpaired) electrons. The summed E-state index contributed by atoms with van der Waals surface area (Å²) in [6.07, 6.45) is 2.69. The van der Waals surface area contributed by atoms with Crippen molar-refractivity contribution in [2.24, 2.45) is 0 Å². The number of nitrogens with zero attached hydrogens (tertiary/aromatic N) is 3. The van der Waals surface area contributed by atoms with Crippen LogP contribution in [0.25, 0.3) is 0 Å². The van der Waals surface area contributed by atoms with Crippen molar-refractivity contribution in [2.45, 2.75) is 13.3 Å². The predicted octanol–water partition coefficient (Wildman–Crippen LogP) is 3.28. The Bertz CT molecular complexity index is 567. The minimum atomic E-state index is 0.622. The zero-order valence-corrected chi connectivity index (χ0v) is 10.6. The third-order valence-corrected chi connectivity index (χ3v) is 2.95. The molecule has 3 nitrogen and oxygen atoms in total. The molecule has 2 rings (SSSR count). The first kappa shape index (κ1) is 12.1. The van der Waals surface area contributed by atoms with Crippen molar-refractivity contribution in [3.63, 3.8) is 0 Å². The van der Waals surface area contributed by atoms with E-state index in [4.69, 9.17) is 5.26 Å². The zero-order chi connectivity index (χ0) is 13.0.